The molecule has 1 unspecified atom stereocenters. The van der Waals surface area contributed by atoms with Gasteiger partial charge in [-0.2, -0.15) is 0 Å². The monoisotopic (exact) mass is 217 g/mol. The zero-order chi connectivity index (χ0) is 10.4. The quantitative estimate of drug-likeness (QED) is 0.781. The van der Waals surface area contributed by atoms with Crippen LogP contribution in [0.4, 0.5) is 0 Å². The van der Waals surface area contributed by atoms with Crippen molar-refractivity contribution in [2.24, 2.45) is 5.92 Å². The second-order valence-corrected chi connectivity index (χ2v) is 4.43. The Bertz CT molecular complexity index is 192. The van der Waals surface area contributed by atoms with Crippen LogP contribution in [0.1, 0.15) is 26.2 Å². The molecular formula is C11H20ClNO. The highest BCUT2D eigenvalue weighted by molar-refractivity contribution is 6.25. The lowest BCUT2D eigenvalue weighted by Gasteiger charge is -2.32. The summed E-state index contributed by atoms with van der Waals surface area (Å²) < 4.78 is 0. The first-order valence-electron chi connectivity index (χ1n) is 5.35. The number of aliphatic hydroxyl groups is 1. The van der Waals surface area contributed by atoms with E-state index in [-0.39, 0.29) is 0 Å². The Labute approximate surface area is 91.6 Å². The largest absolute Gasteiger partial charge is 0.396 e. The highest BCUT2D eigenvalue weighted by Crippen LogP contribution is 2.19. The van der Waals surface area contributed by atoms with E-state index >= 15 is 0 Å². The maximum absolute atomic E-state index is 8.88. The van der Waals surface area contributed by atoms with Gasteiger partial charge in [0.15, 0.2) is 0 Å². The molecule has 0 aliphatic carbocycles. The number of hydrogen-bond donors (Lipinski definition) is 1. The molecule has 2 nitrogen and oxygen atoms in total. The predicted molar refractivity (Wildman–Crippen MR) is 60.5 cm³/mol. The first kappa shape index (κ1) is 12.0. The molecule has 1 saturated heterocycles. The third-order valence-corrected chi connectivity index (χ3v) is 3.17. The van der Waals surface area contributed by atoms with E-state index < -0.39 is 0 Å². The lowest BCUT2D eigenvalue weighted by molar-refractivity contribution is 0.157. The molecule has 1 fully saturated rings. The molecule has 0 radical (unpaired) electrons. The molecule has 82 valence electrons. The molecule has 0 saturated carbocycles. The Morgan fingerprint density at radius 1 is 1.64 bits per heavy atom. The van der Waals surface area contributed by atoms with Crippen LogP contribution < -0.4 is 0 Å². The molecule has 1 heterocycles. The summed E-state index contributed by atoms with van der Waals surface area (Å²) in [6, 6.07) is 0. The van der Waals surface area contributed by atoms with Crippen LogP contribution in [-0.4, -0.2) is 36.2 Å². The van der Waals surface area contributed by atoms with Crippen LogP contribution >= 0.6 is 11.6 Å². The van der Waals surface area contributed by atoms with Gasteiger partial charge < -0.3 is 5.11 Å². The number of aliphatic hydroxyl groups excluding tert-OH is 1. The molecule has 0 bridgehead atoms. The highest BCUT2D eigenvalue weighted by atomic mass is 35.5. The van der Waals surface area contributed by atoms with Gasteiger partial charge in [-0.15, -0.1) is 0 Å². The van der Waals surface area contributed by atoms with E-state index in [1.54, 1.807) is 5.54 Å². The smallest absolute Gasteiger partial charge is 0.0434 e. The van der Waals surface area contributed by atoms with Crippen LogP contribution in [0.15, 0.2) is 11.1 Å². The van der Waals surface area contributed by atoms with Crippen LogP contribution in [0.3, 0.4) is 0 Å². The number of hydrogen-bond acceptors (Lipinski definition) is 2. The van der Waals surface area contributed by atoms with Crippen LogP contribution in [0.2, 0.25) is 0 Å². The van der Waals surface area contributed by atoms with Crippen LogP contribution in [0, 0.1) is 5.92 Å². The van der Waals surface area contributed by atoms with Crippen LogP contribution in [0.5, 0.6) is 0 Å². The van der Waals surface area contributed by atoms with E-state index in [9.17, 15) is 0 Å². The summed E-state index contributed by atoms with van der Waals surface area (Å²) in [6.45, 7) is 5.64. The first-order valence-corrected chi connectivity index (χ1v) is 5.79. The molecule has 1 aliphatic rings. The minimum absolute atomic E-state index is 0.322. The Morgan fingerprint density at radius 3 is 3.07 bits per heavy atom. The number of halogens is 1. The van der Waals surface area contributed by atoms with Gasteiger partial charge in [0.1, 0.15) is 0 Å². The van der Waals surface area contributed by atoms with E-state index in [4.69, 9.17) is 16.7 Å². The topological polar surface area (TPSA) is 23.5 Å². The third-order valence-electron chi connectivity index (χ3n) is 2.80. The van der Waals surface area contributed by atoms with Gasteiger partial charge in [-0.1, -0.05) is 11.6 Å². The molecule has 1 atom stereocenters. The summed E-state index contributed by atoms with van der Waals surface area (Å²) >= 11 is 5.64. The van der Waals surface area contributed by atoms with Crippen molar-refractivity contribution in [3.63, 3.8) is 0 Å². The highest BCUT2D eigenvalue weighted by Gasteiger charge is 2.18. The minimum atomic E-state index is 0.322. The van der Waals surface area contributed by atoms with Crippen molar-refractivity contribution < 1.29 is 5.11 Å². The molecule has 0 spiro atoms. The number of rotatable bonds is 4. The van der Waals surface area contributed by atoms with Crippen LogP contribution in [0.25, 0.3) is 0 Å². The SMILES string of the molecule is CC(=CCl)CN1CCCC(CCO)C1. The lowest BCUT2D eigenvalue weighted by Crippen LogP contribution is -2.36. The fourth-order valence-corrected chi connectivity index (χ4v) is 2.17. The van der Waals surface area contributed by atoms with Crippen molar-refractivity contribution >= 4 is 11.6 Å². The zero-order valence-corrected chi connectivity index (χ0v) is 9.63. The first-order chi connectivity index (χ1) is 6.76. The Balaban J connectivity index is 2.32. The normalized spacial score (nSPS) is 25.4. The van der Waals surface area contributed by atoms with E-state index in [0.29, 0.717) is 12.5 Å². The molecule has 1 rings (SSSR count). The molecule has 0 aromatic carbocycles. The molecule has 1 aliphatic heterocycles. The summed E-state index contributed by atoms with van der Waals surface area (Å²) in [5.74, 6) is 0.678. The van der Waals surface area contributed by atoms with Crippen molar-refractivity contribution in [1.29, 1.82) is 0 Å². The second kappa shape index (κ2) is 6.44. The van der Waals surface area contributed by atoms with Crippen molar-refractivity contribution in [3.8, 4) is 0 Å². The Morgan fingerprint density at radius 2 is 2.43 bits per heavy atom. The fraction of sp³-hybridized carbons (Fsp3) is 0.818. The average Bonchev–Trinajstić information content (AvgIpc) is 2.19. The van der Waals surface area contributed by atoms with Gasteiger partial charge in [-0.05, 0) is 44.2 Å². The van der Waals surface area contributed by atoms with Gasteiger partial charge in [0.2, 0.25) is 0 Å². The summed E-state index contributed by atoms with van der Waals surface area (Å²) in [5.41, 5.74) is 2.88. The van der Waals surface area contributed by atoms with Gasteiger partial charge in [0.05, 0.1) is 0 Å². The summed E-state index contributed by atoms with van der Waals surface area (Å²) in [4.78, 5) is 2.43. The third kappa shape index (κ3) is 3.99. The van der Waals surface area contributed by atoms with Crippen molar-refractivity contribution in [3.05, 3.63) is 11.1 Å². The van der Waals surface area contributed by atoms with Crippen molar-refractivity contribution in [2.75, 3.05) is 26.2 Å². The number of likely N-dealkylation sites (tertiary alicyclic amines) is 1. The Hall–Kier alpha value is -0.0500. The minimum Gasteiger partial charge on any atom is -0.396 e. The molecular weight excluding hydrogens is 198 g/mol. The maximum Gasteiger partial charge on any atom is 0.0434 e. The predicted octanol–water partition coefficient (Wildman–Crippen LogP) is 2.22. The van der Waals surface area contributed by atoms with Crippen molar-refractivity contribution in [2.45, 2.75) is 26.2 Å². The summed E-state index contributed by atoms with van der Waals surface area (Å²) in [5, 5.41) is 8.88. The van der Waals surface area contributed by atoms with E-state index in [0.717, 1.165) is 19.5 Å². The van der Waals surface area contributed by atoms with Gasteiger partial charge in [-0.25, -0.2) is 0 Å². The van der Waals surface area contributed by atoms with Gasteiger partial charge in [0, 0.05) is 25.2 Å². The standard InChI is InChI=1S/C11H20ClNO/c1-10(7-12)8-13-5-2-3-11(9-13)4-6-14/h7,11,14H,2-6,8-9H2,1H3. The maximum atomic E-state index is 8.88. The molecule has 14 heavy (non-hydrogen) atoms. The van der Waals surface area contributed by atoms with Crippen LogP contribution in [-0.2, 0) is 0 Å². The number of nitrogens with zero attached hydrogens (tertiary/aromatic N) is 1. The van der Waals surface area contributed by atoms with E-state index in [1.165, 1.54) is 25.0 Å². The van der Waals surface area contributed by atoms with Gasteiger partial charge in [-0.3, -0.25) is 4.90 Å². The van der Waals surface area contributed by atoms with E-state index in [2.05, 4.69) is 11.8 Å². The average molecular weight is 218 g/mol. The lowest BCUT2D eigenvalue weighted by atomic mass is 9.95. The van der Waals surface area contributed by atoms with Crippen molar-refractivity contribution in [1.82, 2.24) is 4.90 Å². The zero-order valence-electron chi connectivity index (χ0n) is 8.88. The number of piperidine rings is 1. The summed E-state index contributed by atoms with van der Waals surface area (Å²) in [7, 11) is 0. The molecule has 1 N–H and O–H groups in total. The molecule has 0 amide bonds. The molecule has 3 heteroatoms. The van der Waals surface area contributed by atoms with E-state index in [1.807, 2.05) is 0 Å². The van der Waals surface area contributed by atoms with Gasteiger partial charge in [0.25, 0.3) is 0 Å². The fourth-order valence-electron chi connectivity index (χ4n) is 2.10. The summed E-state index contributed by atoms with van der Waals surface area (Å²) in [6.07, 6.45) is 3.46. The molecule has 0 aromatic heterocycles. The van der Waals surface area contributed by atoms with Gasteiger partial charge >= 0.3 is 0 Å². The Kier molecular flexibility index (Phi) is 5.53. The second-order valence-electron chi connectivity index (χ2n) is 4.21. The molecule has 0 aromatic rings.